The van der Waals surface area contributed by atoms with Crippen LogP contribution in [0, 0.1) is 29.1 Å². The highest BCUT2D eigenvalue weighted by Gasteiger charge is 2.50. The first-order chi connectivity index (χ1) is 15.6. The Morgan fingerprint density at radius 3 is 2.45 bits per heavy atom. The maximum Gasteiger partial charge on any atom is 0.106 e. The molecule has 0 bridgehead atoms. The minimum absolute atomic E-state index is 0.0670. The van der Waals surface area contributed by atoms with E-state index in [1.807, 2.05) is 6.92 Å². The molecule has 0 spiro atoms. The Hall–Kier alpha value is -1.68. The lowest BCUT2D eigenvalue weighted by molar-refractivity contribution is 0.0862. The van der Waals surface area contributed by atoms with E-state index in [4.69, 9.17) is 0 Å². The van der Waals surface area contributed by atoms with Crippen LogP contribution in [-0.2, 0) is 0 Å². The van der Waals surface area contributed by atoms with E-state index in [1.54, 1.807) is 12.2 Å². The summed E-state index contributed by atoms with van der Waals surface area (Å²) in [7, 11) is 0. The molecule has 3 aliphatic rings. The van der Waals surface area contributed by atoms with Crippen LogP contribution >= 0.6 is 0 Å². The SMILES string of the molecule is C=CC(O)(C=C)[C@H](C)C=C[C@@H](C)[C@H]1CC[C@H]2C(=CC=C3C[C@H](O)C[C@@H](O)C3=C)CCC[C@]12C. The smallest absolute Gasteiger partial charge is 0.106 e. The minimum Gasteiger partial charge on any atom is -0.393 e. The van der Waals surface area contributed by atoms with E-state index in [-0.39, 0.29) is 11.3 Å². The summed E-state index contributed by atoms with van der Waals surface area (Å²) in [6.07, 6.45) is 17.8. The van der Waals surface area contributed by atoms with Crippen molar-refractivity contribution in [1.29, 1.82) is 0 Å². The number of rotatable bonds is 7. The Morgan fingerprint density at radius 1 is 1.09 bits per heavy atom. The maximum atomic E-state index is 10.6. The Kier molecular flexibility index (Phi) is 8.09. The fourth-order valence-corrected chi connectivity index (χ4v) is 6.69. The van der Waals surface area contributed by atoms with Crippen LogP contribution in [0.2, 0.25) is 0 Å². The number of hydrogen-bond acceptors (Lipinski definition) is 3. The Morgan fingerprint density at radius 2 is 1.79 bits per heavy atom. The lowest BCUT2D eigenvalue weighted by Crippen LogP contribution is -2.35. The van der Waals surface area contributed by atoms with Crippen LogP contribution in [0.3, 0.4) is 0 Å². The van der Waals surface area contributed by atoms with Crippen LogP contribution in [0.5, 0.6) is 0 Å². The summed E-state index contributed by atoms with van der Waals surface area (Å²) in [5.74, 6) is 1.55. The highest BCUT2D eigenvalue weighted by molar-refractivity contribution is 5.38. The zero-order valence-corrected chi connectivity index (χ0v) is 20.8. The van der Waals surface area contributed by atoms with Crippen LogP contribution in [0.15, 0.2) is 72.9 Å². The first-order valence-corrected chi connectivity index (χ1v) is 12.7. The second-order valence-electron chi connectivity index (χ2n) is 11.0. The van der Waals surface area contributed by atoms with Gasteiger partial charge < -0.3 is 15.3 Å². The van der Waals surface area contributed by atoms with Crippen molar-refractivity contribution in [3.8, 4) is 0 Å². The standard InChI is InChI=1S/C30H44O3/c1-7-30(33,8-2)21(4)12-11-20(3)26-15-16-27-23(10-9-17-29(26,27)6)13-14-24-18-25(31)19-28(32)22(24)5/h7-8,11-14,20-21,25-28,31-33H,1-2,5,9-10,15-19H2,3-4,6H3/t20-,21-,25+,26-,27+,28-,29-/m1/s1. The van der Waals surface area contributed by atoms with Gasteiger partial charge in [-0.2, -0.15) is 0 Å². The summed E-state index contributed by atoms with van der Waals surface area (Å²) in [4.78, 5) is 0. The molecule has 3 aliphatic carbocycles. The quantitative estimate of drug-likeness (QED) is 0.412. The van der Waals surface area contributed by atoms with Gasteiger partial charge in [-0.15, -0.1) is 0 Å². The van der Waals surface area contributed by atoms with E-state index in [0.29, 0.717) is 30.6 Å². The largest absolute Gasteiger partial charge is 0.393 e. The van der Waals surface area contributed by atoms with Gasteiger partial charge in [-0.1, -0.05) is 82.5 Å². The molecule has 0 aromatic carbocycles. The first-order valence-electron chi connectivity index (χ1n) is 12.7. The molecule has 0 amide bonds. The minimum atomic E-state index is -1.07. The van der Waals surface area contributed by atoms with Crippen molar-refractivity contribution in [2.75, 3.05) is 0 Å². The first kappa shape index (κ1) is 25.9. The lowest BCUT2D eigenvalue weighted by atomic mass is 9.61. The van der Waals surface area contributed by atoms with Gasteiger partial charge in [-0.25, -0.2) is 0 Å². The number of fused-ring (bicyclic) bond motifs is 1. The van der Waals surface area contributed by atoms with Gasteiger partial charge >= 0.3 is 0 Å². The molecule has 3 nitrogen and oxygen atoms in total. The van der Waals surface area contributed by atoms with Gasteiger partial charge in [0.05, 0.1) is 12.2 Å². The number of aliphatic hydroxyl groups is 3. The third kappa shape index (κ3) is 5.21. The summed E-state index contributed by atoms with van der Waals surface area (Å²) >= 11 is 0. The van der Waals surface area contributed by atoms with Gasteiger partial charge in [-0.05, 0) is 72.8 Å². The maximum absolute atomic E-state index is 10.6. The van der Waals surface area contributed by atoms with Crippen LogP contribution in [0.1, 0.15) is 65.7 Å². The van der Waals surface area contributed by atoms with Crippen molar-refractivity contribution in [3.63, 3.8) is 0 Å². The van der Waals surface area contributed by atoms with E-state index in [1.165, 1.54) is 31.3 Å². The van der Waals surface area contributed by atoms with Gasteiger partial charge in [0.1, 0.15) is 5.60 Å². The average molecular weight is 453 g/mol. The Balaban J connectivity index is 1.76. The van der Waals surface area contributed by atoms with Gasteiger partial charge in [0.25, 0.3) is 0 Å². The molecule has 182 valence electrons. The molecule has 0 aliphatic heterocycles. The predicted octanol–water partition coefficient (Wildman–Crippen LogP) is 6.06. The topological polar surface area (TPSA) is 60.7 Å². The highest BCUT2D eigenvalue weighted by Crippen LogP contribution is 2.59. The second-order valence-corrected chi connectivity index (χ2v) is 11.0. The Bertz CT molecular complexity index is 839. The van der Waals surface area contributed by atoms with Crippen molar-refractivity contribution in [3.05, 3.63) is 72.9 Å². The van der Waals surface area contributed by atoms with Gasteiger partial charge in [0.2, 0.25) is 0 Å². The van der Waals surface area contributed by atoms with Crippen molar-refractivity contribution >= 4 is 0 Å². The monoisotopic (exact) mass is 452 g/mol. The van der Waals surface area contributed by atoms with Crippen LogP contribution in [0.4, 0.5) is 0 Å². The molecule has 0 heterocycles. The van der Waals surface area contributed by atoms with E-state index in [0.717, 1.165) is 17.6 Å². The normalized spacial score (nSPS) is 37.3. The molecule has 0 aromatic rings. The number of hydrogen-bond donors (Lipinski definition) is 3. The third-order valence-electron chi connectivity index (χ3n) is 9.02. The van der Waals surface area contributed by atoms with Crippen molar-refractivity contribution in [2.45, 2.75) is 83.5 Å². The zero-order valence-electron chi connectivity index (χ0n) is 20.8. The molecule has 33 heavy (non-hydrogen) atoms. The predicted molar refractivity (Wildman–Crippen MR) is 138 cm³/mol. The highest BCUT2D eigenvalue weighted by atomic mass is 16.3. The molecule has 0 radical (unpaired) electrons. The summed E-state index contributed by atoms with van der Waals surface area (Å²) in [5.41, 5.74) is 2.45. The van der Waals surface area contributed by atoms with E-state index in [2.05, 4.69) is 57.9 Å². The summed E-state index contributed by atoms with van der Waals surface area (Å²) in [5, 5.41) is 30.9. The molecule has 0 unspecified atom stereocenters. The van der Waals surface area contributed by atoms with Crippen LogP contribution in [-0.4, -0.2) is 33.1 Å². The van der Waals surface area contributed by atoms with Crippen LogP contribution in [0.25, 0.3) is 0 Å². The molecular formula is C30H44O3. The van der Waals surface area contributed by atoms with Gasteiger partial charge in [0, 0.05) is 12.3 Å². The fraction of sp³-hybridized carbons (Fsp3) is 0.600. The van der Waals surface area contributed by atoms with Gasteiger partial charge in [0.15, 0.2) is 0 Å². The second kappa shape index (κ2) is 10.3. The zero-order chi connectivity index (χ0) is 24.4. The van der Waals surface area contributed by atoms with E-state index >= 15 is 0 Å². The summed E-state index contributed by atoms with van der Waals surface area (Å²) in [6.45, 7) is 18.4. The van der Waals surface area contributed by atoms with Crippen molar-refractivity contribution in [2.24, 2.45) is 29.1 Å². The molecular weight excluding hydrogens is 408 g/mol. The molecule has 3 heteroatoms. The summed E-state index contributed by atoms with van der Waals surface area (Å²) in [6, 6.07) is 0. The van der Waals surface area contributed by atoms with Crippen LogP contribution < -0.4 is 0 Å². The number of aliphatic hydroxyl groups excluding tert-OH is 2. The molecule has 3 saturated carbocycles. The molecule has 7 atom stereocenters. The van der Waals surface area contributed by atoms with Crippen molar-refractivity contribution < 1.29 is 15.3 Å². The summed E-state index contributed by atoms with van der Waals surface area (Å²) < 4.78 is 0. The lowest BCUT2D eigenvalue weighted by Gasteiger charge is -2.44. The number of allylic oxidation sites excluding steroid dienone is 4. The van der Waals surface area contributed by atoms with Crippen molar-refractivity contribution in [1.82, 2.24) is 0 Å². The average Bonchev–Trinajstić information content (AvgIpc) is 3.15. The van der Waals surface area contributed by atoms with E-state index < -0.39 is 17.8 Å². The fourth-order valence-electron chi connectivity index (χ4n) is 6.69. The Labute approximate surface area is 201 Å². The molecule has 3 fully saturated rings. The molecule has 0 saturated heterocycles. The molecule has 3 N–H and O–H groups in total. The molecule has 3 rings (SSSR count). The third-order valence-corrected chi connectivity index (χ3v) is 9.02. The molecule has 0 aromatic heterocycles. The van der Waals surface area contributed by atoms with E-state index in [9.17, 15) is 15.3 Å². The van der Waals surface area contributed by atoms with Gasteiger partial charge in [-0.3, -0.25) is 0 Å².